The van der Waals surface area contributed by atoms with Crippen LogP contribution in [0.4, 0.5) is 0 Å². The van der Waals surface area contributed by atoms with Crippen LogP contribution in [0.15, 0.2) is 0 Å². The number of aliphatic carboxylic acids is 3. The van der Waals surface area contributed by atoms with Crippen LogP contribution >= 0.6 is 0 Å². The van der Waals surface area contributed by atoms with Crippen molar-refractivity contribution in [3.8, 4) is 0 Å². The van der Waals surface area contributed by atoms with E-state index in [4.69, 9.17) is 0 Å². The fraction of sp³-hybridized carbons (Fsp3) is 0.944. The maximum Gasteiger partial charge on any atom is 3.00 e. The molecule has 0 bridgehead atoms. The van der Waals surface area contributed by atoms with Gasteiger partial charge in [0.2, 0.25) is 0 Å². The number of carbonyl (C=O) groups is 3. The number of carboxylic acids is 3. The first-order chi connectivity index (χ1) is 29.3. The van der Waals surface area contributed by atoms with Gasteiger partial charge in [0.25, 0.3) is 0 Å². The van der Waals surface area contributed by atoms with Gasteiger partial charge >= 0.3 is 40.4 Å². The van der Waals surface area contributed by atoms with E-state index in [1.165, 1.54) is 250 Å². The van der Waals surface area contributed by atoms with Crippen LogP contribution in [0, 0.1) is 0 Å². The summed E-state index contributed by atoms with van der Waals surface area (Å²) in [4.78, 5) is 30.7. The molecule has 0 rings (SSSR count). The Hall–Kier alpha value is -0.291. The second-order valence-electron chi connectivity index (χ2n) is 18.2. The van der Waals surface area contributed by atoms with Crippen molar-refractivity contribution in [1.29, 1.82) is 0 Å². The molecule has 0 fully saturated rings. The molecule has 364 valence electrons. The first kappa shape index (κ1) is 70.7. The predicted molar refractivity (Wildman–Crippen MR) is 268 cm³/mol. The molecule has 0 aliphatic carbocycles. The topological polar surface area (TPSA) is 120 Å². The van der Waals surface area contributed by atoms with Crippen LogP contribution in [0.3, 0.4) is 0 Å². The molecular formula is C54H107AlMgO6. The average molecular weight is 904 g/mol. The van der Waals surface area contributed by atoms with Gasteiger partial charge in [0.15, 0.2) is 0 Å². The van der Waals surface area contributed by atoms with E-state index in [-0.39, 0.29) is 59.7 Å². The van der Waals surface area contributed by atoms with Gasteiger partial charge in [-0.15, -0.1) is 0 Å². The number of rotatable bonds is 48. The largest absolute Gasteiger partial charge is 3.00 e. The molecule has 0 aromatic rings. The van der Waals surface area contributed by atoms with E-state index in [0.29, 0.717) is 0 Å². The minimum atomic E-state index is -0.903. The SMILES string of the molecule is CCCCCCCCCCCCCCCCCC(=O)[O-].CCCCCCCCCCCCCCCCCC(=O)[O-].CCCCCCCCCCCCCCCCCC(=O)[O-].[Al+3].[MgH2]. The quantitative estimate of drug-likeness (QED) is 0.0443. The van der Waals surface area contributed by atoms with Gasteiger partial charge in [-0.3, -0.25) is 0 Å². The van der Waals surface area contributed by atoms with E-state index in [1.54, 1.807) is 0 Å². The third-order valence-electron chi connectivity index (χ3n) is 12.0. The van der Waals surface area contributed by atoms with Crippen LogP contribution in [0.1, 0.15) is 329 Å². The van der Waals surface area contributed by atoms with Crippen LogP contribution < -0.4 is 15.3 Å². The van der Waals surface area contributed by atoms with Gasteiger partial charge in [0, 0.05) is 17.9 Å². The molecule has 0 aliphatic heterocycles. The smallest absolute Gasteiger partial charge is 0.550 e. The Labute approximate surface area is 414 Å². The summed E-state index contributed by atoms with van der Waals surface area (Å²) in [5, 5.41) is 30.7. The molecule has 0 aliphatic rings. The molecular weight excluding hydrogens is 796 g/mol. The molecule has 62 heavy (non-hydrogen) atoms. The van der Waals surface area contributed by atoms with Crippen molar-refractivity contribution in [2.24, 2.45) is 0 Å². The van der Waals surface area contributed by atoms with Gasteiger partial charge in [-0.1, -0.05) is 290 Å². The molecule has 0 aromatic carbocycles. The Kier molecular flexibility index (Phi) is 76.8. The number of hydrogen-bond acceptors (Lipinski definition) is 6. The van der Waals surface area contributed by atoms with Crippen LogP contribution in [0.25, 0.3) is 0 Å². The van der Waals surface area contributed by atoms with E-state index in [0.717, 1.165) is 38.5 Å². The van der Waals surface area contributed by atoms with E-state index >= 15 is 0 Å². The molecule has 0 unspecified atom stereocenters. The number of carbonyl (C=O) groups excluding carboxylic acids is 3. The normalized spacial score (nSPS) is 10.5. The Morgan fingerprint density at radius 1 is 0.226 bits per heavy atom. The number of hydrogen-bond donors (Lipinski definition) is 0. The van der Waals surface area contributed by atoms with Crippen molar-refractivity contribution in [1.82, 2.24) is 0 Å². The predicted octanol–water partition coefficient (Wildman–Crippen LogP) is 13.7. The minimum Gasteiger partial charge on any atom is -0.550 e. The maximum atomic E-state index is 10.2. The van der Waals surface area contributed by atoms with Gasteiger partial charge in [0.1, 0.15) is 0 Å². The first-order valence-corrected chi connectivity index (χ1v) is 26.9. The van der Waals surface area contributed by atoms with Gasteiger partial charge in [0.05, 0.1) is 0 Å². The van der Waals surface area contributed by atoms with Crippen LogP contribution in [-0.2, 0) is 14.4 Å². The van der Waals surface area contributed by atoms with Crippen molar-refractivity contribution in [2.45, 2.75) is 329 Å². The van der Waals surface area contributed by atoms with E-state index in [1.807, 2.05) is 0 Å². The molecule has 6 nitrogen and oxygen atoms in total. The third kappa shape index (κ3) is 80.0. The fourth-order valence-electron chi connectivity index (χ4n) is 7.92. The van der Waals surface area contributed by atoms with E-state index in [9.17, 15) is 29.7 Å². The summed E-state index contributed by atoms with van der Waals surface area (Å²) >= 11 is 0. The molecule has 0 atom stereocenters. The average Bonchev–Trinajstić information content (AvgIpc) is 3.22. The molecule has 0 N–H and O–H groups in total. The first-order valence-electron chi connectivity index (χ1n) is 26.9. The van der Waals surface area contributed by atoms with Crippen molar-refractivity contribution in [3.05, 3.63) is 0 Å². The van der Waals surface area contributed by atoms with Gasteiger partial charge in [-0.2, -0.15) is 0 Å². The summed E-state index contributed by atoms with van der Waals surface area (Å²) in [5.41, 5.74) is 0. The molecule has 0 amide bonds. The van der Waals surface area contributed by atoms with Crippen LogP contribution in [0.2, 0.25) is 0 Å². The van der Waals surface area contributed by atoms with E-state index < -0.39 is 17.9 Å². The summed E-state index contributed by atoms with van der Waals surface area (Å²) in [6.07, 6.45) is 59.6. The van der Waals surface area contributed by atoms with Crippen molar-refractivity contribution >= 4 is 58.3 Å². The van der Waals surface area contributed by atoms with Crippen molar-refractivity contribution < 1.29 is 29.7 Å². The van der Waals surface area contributed by atoms with E-state index in [2.05, 4.69) is 20.8 Å². The fourth-order valence-corrected chi connectivity index (χ4v) is 7.92. The monoisotopic (exact) mass is 903 g/mol. The molecule has 0 saturated heterocycles. The van der Waals surface area contributed by atoms with Crippen molar-refractivity contribution in [3.63, 3.8) is 0 Å². The zero-order valence-electron chi connectivity index (χ0n) is 41.5. The second-order valence-corrected chi connectivity index (χ2v) is 18.2. The van der Waals surface area contributed by atoms with Gasteiger partial charge in [-0.25, -0.2) is 0 Å². The summed E-state index contributed by atoms with van der Waals surface area (Å²) in [7, 11) is 0. The van der Waals surface area contributed by atoms with Crippen molar-refractivity contribution in [2.75, 3.05) is 0 Å². The van der Waals surface area contributed by atoms with Gasteiger partial charge < -0.3 is 29.7 Å². The zero-order valence-corrected chi connectivity index (χ0v) is 42.6. The zero-order chi connectivity index (χ0) is 44.7. The van der Waals surface area contributed by atoms with Gasteiger partial charge in [-0.05, 0) is 38.5 Å². The second kappa shape index (κ2) is 67.3. The standard InChI is InChI=1S/3C18H36O2.Al.Mg.2H/c3*1-2-3-4-5-6-7-8-9-10-11-12-13-14-15-16-17-18(19)20;;;;/h3*2-17H2,1H3,(H,19,20);;;;/q;;;+3;;;/p-3. The number of carboxylic acid groups (broad SMARTS) is 3. The number of unbranched alkanes of at least 4 members (excludes halogenated alkanes) is 42. The Morgan fingerprint density at radius 2 is 0.323 bits per heavy atom. The Balaban J connectivity index is -0.000000258. The molecule has 0 heterocycles. The molecule has 0 saturated carbocycles. The molecule has 0 aromatic heterocycles. The Morgan fingerprint density at radius 3 is 0.419 bits per heavy atom. The third-order valence-corrected chi connectivity index (χ3v) is 12.0. The van der Waals surface area contributed by atoms with Crippen LogP contribution in [-0.4, -0.2) is 58.3 Å². The summed E-state index contributed by atoms with van der Waals surface area (Å²) in [6, 6.07) is 0. The summed E-state index contributed by atoms with van der Waals surface area (Å²) in [5.74, 6) is -2.71. The summed E-state index contributed by atoms with van der Waals surface area (Å²) < 4.78 is 0. The molecule has 8 heteroatoms. The Bertz CT molecular complexity index is 724. The van der Waals surface area contributed by atoms with Crippen LogP contribution in [0.5, 0.6) is 0 Å². The molecule has 0 radical (unpaired) electrons. The minimum absolute atomic E-state index is 0. The maximum absolute atomic E-state index is 10.2. The molecule has 0 spiro atoms. The summed E-state index contributed by atoms with van der Waals surface area (Å²) in [6.45, 7) is 6.80.